The van der Waals surface area contributed by atoms with Crippen LogP contribution in [0.15, 0.2) is 24.3 Å². The van der Waals surface area contributed by atoms with Crippen molar-refractivity contribution >= 4 is 11.8 Å². The highest BCUT2D eigenvalue weighted by atomic mass is 16.2. The van der Waals surface area contributed by atoms with Crippen LogP contribution >= 0.6 is 0 Å². The number of nitrogens with zero attached hydrogens (tertiary/aromatic N) is 3. The van der Waals surface area contributed by atoms with Crippen LogP contribution in [-0.2, 0) is 16.1 Å². The van der Waals surface area contributed by atoms with E-state index in [0.29, 0.717) is 18.7 Å². The van der Waals surface area contributed by atoms with E-state index in [0.717, 1.165) is 44.1 Å². The molecule has 132 valence electrons. The average molecular weight is 339 g/mol. The van der Waals surface area contributed by atoms with Gasteiger partial charge in [0.1, 0.15) is 6.04 Å². The maximum atomic E-state index is 12.9. The Hall–Kier alpha value is -2.35. The smallest absolute Gasteiger partial charge is 0.245 e. The fraction of sp³-hybridized carbons (Fsp3) is 0.550. The number of carbonyl (C=O) groups excluding carboxylic acids is 2. The maximum Gasteiger partial charge on any atom is 0.245 e. The number of likely N-dealkylation sites (tertiary alicyclic amines) is 1. The number of rotatable bonds is 4. The minimum atomic E-state index is -0.309. The minimum absolute atomic E-state index is 0.0215. The lowest BCUT2D eigenvalue weighted by atomic mass is 10.1. The van der Waals surface area contributed by atoms with Crippen molar-refractivity contribution < 1.29 is 9.59 Å². The largest absolute Gasteiger partial charge is 0.340 e. The van der Waals surface area contributed by atoms with E-state index in [1.807, 2.05) is 17.0 Å². The van der Waals surface area contributed by atoms with E-state index in [2.05, 4.69) is 6.07 Å². The Morgan fingerprint density at radius 2 is 1.84 bits per heavy atom. The van der Waals surface area contributed by atoms with Gasteiger partial charge in [-0.3, -0.25) is 9.59 Å². The topological polar surface area (TPSA) is 64.4 Å². The number of benzene rings is 1. The second kappa shape index (κ2) is 7.69. The van der Waals surface area contributed by atoms with Crippen LogP contribution in [0.2, 0.25) is 0 Å². The minimum Gasteiger partial charge on any atom is -0.340 e. The molecule has 2 aliphatic rings. The lowest BCUT2D eigenvalue weighted by molar-refractivity contribution is -0.145. The summed E-state index contributed by atoms with van der Waals surface area (Å²) in [6, 6.07) is 9.06. The van der Waals surface area contributed by atoms with Crippen molar-refractivity contribution in [1.82, 2.24) is 9.80 Å². The molecule has 1 aliphatic heterocycles. The molecule has 1 saturated heterocycles. The van der Waals surface area contributed by atoms with Crippen LogP contribution in [0.4, 0.5) is 0 Å². The van der Waals surface area contributed by atoms with Crippen LogP contribution in [0.3, 0.4) is 0 Å². The lowest BCUT2D eigenvalue weighted by Crippen LogP contribution is -2.47. The van der Waals surface area contributed by atoms with Crippen molar-refractivity contribution in [3.05, 3.63) is 35.4 Å². The van der Waals surface area contributed by atoms with Gasteiger partial charge < -0.3 is 9.80 Å². The molecule has 1 aliphatic carbocycles. The van der Waals surface area contributed by atoms with Gasteiger partial charge in [0.15, 0.2) is 0 Å². The molecule has 5 heteroatoms. The van der Waals surface area contributed by atoms with Gasteiger partial charge in [-0.25, -0.2) is 0 Å². The fourth-order valence-electron chi connectivity index (χ4n) is 3.99. The van der Waals surface area contributed by atoms with Crippen molar-refractivity contribution in [2.75, 3.05) is 13.6 Å². The molecule has 0 aromatic heterocycles. The monoisotopic (exact) mass is 339 g/mol. The summed E-state index contributed by atoms with van der Waals surface area (Å²) in [6.07, 6.45) is 5.85. The molecule has 25 heavy (non-hydrogen) atoms. The van der Waals surface area contributed by atoms with E-state index in [-0.39, 0.29) is 23.8 Å². The van der Waals surface area contributed by atoms with E-state index in [4.69, 9.17) is 5.26 Å². The van der Waals surface area contributed by atoms with Gasteiger partial charge in [0, 0.05) is 26.1 Å². The van der Waals surface area contributed by atoms with E-state index in [9.17, 15) is 9.59 Å². The van der Waals surface area contributed by atoms with Gasteiger partial charge in [-0.2, -0.15) is 5.26 Å². The van der Waals surface area contributed by atoms with Gasteiger partial charge in [0.2, 0.25) is 11.8 Å². The van der Waals surface area contributed by atoms with E-state index in [1.54, 1.807) is 24.1 Å². The highest BCUT2D eigenvalue weighted by Crippen LogP contribution is 2.30. The predicted molar refractivity (Wildman–Crippen MR) is 94.3 cm³/mol. The number of likely N-dealkylation sites (N-methyl/N-ethyl adjacent to an activating group) is 1. The van der Waals surface area contributed by atoms with Gasteiger partial charge in [-0.15, -0.1) is 0 Å². The molecule has 0 radical (unpaired) electrons. The first-order chi connectivity index (χ1) is 12.1. The molecule has 1 saturated carbocycles. The number of hydrogen-bond donors (Lipinski definition) is 0. The van der Waals surface area contributed by atoms with Crippen LogP contribution in [0.5, 0.6) is 0 Å². The van der Waals surface area contributed by atoms with Crippen molar-refractivity contribution in [2.24, 2.45) is 5.92 Å². The van der Waals surface area contributed by atoms with Gasteiger partial charge in [-0.05, 0) is 43.4 Å². The number of carbonyl (C=O) groups is 2. The third-order valence-corrected chi connectivity index (χ3v) is 5.40. The van der Waals surface area contributed by atoms with E-state index < -0.39 is 0 Å². The number of hydrogen-bond acceptors (Lipinski definition) is 3. The molecule has 0 unspecified atom stereocenters. The summed E-state index contributed by atoms with van der Waals surface area (Å²) in [5.41, 5.74) is 1.60. The summed E-state index contributed by atoms with van der Waals surface area (Å²) in [7, 11) is 1.79. The third-order valence-electron chi connectivity index (χ3n) is 5.40. The first kappa shape index (κ1) is 17.5. The molecule has 2 amide bonds. The first-order valence-electron chi connectivity index (χ1n) is 9.14. The average Bonchev–Trinajstić information content (AvgIpc) is 3.32. The first-order valence-corrected chi connectivity index (χ1v) is 9.14. The fourth-order valence-corrected chi connectivity index (χ4v) is 3.99. The summed E-state index contributed by atoms with van der Waals surface area (Å²) in [5, 5.41) is 8.86. The lowest BCUT2D eigenvalue weighted by Gasteiger charge is -2.30. The Morgan fingerprint density at radius 1 is 1.16 bits per heavy atom. The van der Waals surface area contributed by atoms with E-state index in [1.165, 1.54) is 0 Å². The van der Waals surface area contributed by atoms with Crippen LogP contribution in [0, 0.1) is 17.2 Å². The van der Waals surface area contributed by atoms with Crippen LogP contribution in [0.1, 0.15) is 49.7 Å². The third kappa shape index (κ3) is 3.84. The molecule has 3 rings (SSSR count). The summed E-state index contributed by atoms with van der Waals surface area (Å²) < 4.78 is 0. The number of nitriles is 1. The zero-order valence-corrected chi connectivity index (χ0v) is 14.8. The molecule has 1 heterocycles. The Labute approximate surface area is 149 Å². The van der Waals surface area contributed by atoms with Gasteiger partial charge >= 0.3 is 0 Å². The second-order valence-electron chi connectivity index (χ2n) is 7.17. The Morgan fingerprint density at radius 3 is 2.48 bits per heavy atom. The molecular formula is C20H25N3O2. The summed E-state index contributed by atoms with van der Waals surface area (Å²) in [5.74, 6) is 0.325. The maximum absolute atomic E-state index is 12.9. The van der Waals surface area contributed by atoms with Gasteiger partial charge in [0.25, 0.3) is 0 Å². The van der Waals surface area contributed by atoms with Crippen LogP contribution in [-0.4, -0.2) is 41.2 Å². The van der Waals surface area contributed by atoms with Crippen LogP contribution < -0.4 is 0 Å². The number of amides is 2. The normalized spacial score (nSPS) is 20.5. The molecule has 1 atom stereocenters. The zero-order chi connectivity index (χ0) is 17.8. The molecule has 0 bridgehead atoms. The summed E-state index contributed by atoms with van der Waals surface area (Å²) in [4.78, 5) is 29.1. The highest BCUT2D eigenvalue weighted by molar-refractivity contribution is 5.89. The zero-order valence-electron chi connectivity index (χ0n) is 14.8. The molecule has 5 nitrogen and oxygen atoms in total. The van der Waals surface area contributed by atoms with Crippen molar-refractivity contribution in [3.8, 4) is 6.07 Å². The van der Waals surface area contributed by atoms with Gasteiger partial charge in [0.05, 0.1) is 11.6 Å². The van der Waals surface area contributed by atoms with E-state index >= 15 is 0 Å². The standard InChI is InChI=1S/C20H25N3O2/c1-22(14-16-10-8-15(13-21)9-11-16)20(25)18-7-4-12-23(18)19(24)17-5-2-3-6-17/h8-11,17-18H,2-7,12,14H2,1H3/t18-/m1/s1. The molecule has 1 aromatic carbocycles. The molecular weight excluding hydrogens is 314 g/mol. The molecule has 0 N–H and O–H groups in total. The molecule has 1 aromatic rings. The van der Waals surface area contributed by atoms with Gasteiger partial charge in [-0.1, -0.05) is 25.0 Å². The summed E-state index contributed by atoms with van der Waals surface area (Å²) in [6.45, 7) is 1.20. The molecule has 0 spiro atoms. The Kier molecular flexibility index (Phi) is 5.37. The summed E-state index contributed by atoms with van der Waals surface area (Å²) >= 11 is 0. The molecule has 2 fully saturated rings. The second-order valence-corrected chi connectivity index (χ2v) is 7.17. The Bertz CT molecular complexity index is 671. The Balaban J connectivity index is 1.63. The van der Waals surface area contributed by atoms with Crippen LogP contribution in [0.25, 0.3) is 0 Å². The van der Waals surface area contributed by atoms with Crippen molar-refractivity contribution in [1.29, 1.82) is 5.26 Å². The highest BCUT2D eigenvalue weighted by Gasteiger charge is 2.38. The van der Waals surface area contributed by atoms with Crippen molar-refractivity contribution in [2.45, 2.75) is 51.1 Å². The predicted octanol–water partition coefficient (Wildman–Crippen LogP) is 2.70. The van der Waals surface area contributed by atoms with Crippen molar-refractivity contribution in [3.63, 3.8) is 0 Å². The quantitative estimate of drug-likeness (QED) is 0.847. The SMILES string of the molecule is CN(Cc1ccc(C#N)cc1)C(=O)[C@H]1CCCN1C(=O)C1CCCC1.